The van der Waals surface area contributed by atoms with Crippen LogP contribution in [0.5, 0.6) is 5.75 Å². The van der Waals surface area contributed by atoms with Crippen LogP contribution in [0.15, 0.2) is 42.7 Å². The number of aryl methyl sites for hydroxylation is 1. The van der Waals surface area contributed by atoms with E-state index in [-0.39, 0.29) is 0 Å². The fraction of sp³-hybridized carbons (Fsp3) is 0.133. The topological polar surface area (TPSA) is 56.5 Å². The maximum atomic E-state index is 11.0. The summed E-state index contributed by atoms with van der Waals surface area (Å²) >= 11 is 0. The first kappa shape index (κ1) is 12.3. The minimum atomic E-state index is 0.299. The molecule has 0 N–H and O–H groups in total. The van der Waals surface area contributed by atoms with Gasteiger partial charge in [-0.3, -0.25) is 4.79 Å². The number of imidazole rings is 1. The van der Waals surface area contributed by atoms with E-state index in [2.05, 4.69) is 9.97 Å². The van der Waals surface area contributed by atoms with Crippen LogP contribution in [0.1, 0.15) is 21.9 Å². The van der Waals surface area contributed by atoms with Crippen molar-refractivity contribution in [1.82, 2.24) is 14.4 Å². The number of hydrogen-bond donors (Lipinski definition) is 0. The molecule has 0 amide bonds. The molecule has 3 aromatic rings. The molecule has 0 bridgehead atoms. The maximum absolute atomic E-state index is 11.0. The van der Waals surface area contributed by atoms with Gasteiger partial charge in [0, 0.05) is 18.1 Å². The number of ether oxygens (including phenoxy) is 1. The summed E-state index contributed by atoms with van der Waals surface area (Å²) < 4.78 is 7.55. The molecular weight excluding hydrogens is 254 g/mol. The average Bonchev–Trinajstić information content (AvgIpc) is 2.88. The number of fused-ring (bicyclic) bond motifs is 1. The smallest absolute Gasteiger partial charge is 0.172 e. The van der Waals surface area contributed by atoms with Crippen molar-refractivity contribution in [2.75, 3.05) is 0 Å². The van der Waals surface area contributed by atoms with E-state index in [1.54, 1.807) is 6.07 Å². The monoisotopic (exact) mass is 267 g/mol. The van der Waals surface area contributed by atoms with Gasteiger partial charge in [-0.15, -0.1) is 0 Å². The van der Waals surface area contributed by atoms with Gasteiger partial charge in [-0.25, -0.2) is 9.97 Å². The zero-order chi connectivity index (χ0) is 13.9. The van der Waals surface area contributed by atoms with Gasteiger partial charge in [-0.2, -0.15) is 0 Å². The van der Waals surface area contributed by atoms with E-state index in [1.807, 2.05) is 48.0 Å². The third-order valence-electron chi connectivity index (χ3n) is 2.93. The highest BCUT2D eigenvalue weighted by Crippen LogP contribution is 2.17. The zero-order valence-corrected chi connectivity index (χ0v) is 11.0. The van der Waals surface area contributed by atoms with Crippen LogP contribution in [0.2, 0.25) is 0 Å². The Bertz CT molecular complexity index is 732. The molecular formula is C15H13N3O2. The van der Waals surface area contributed by atoms with E-state index in [4.69, 9.17) is 4.74 Å². The molecule has 0 aromatic carbocycles. The second kappa shape index (κ2) is 5.13. The molecule has 5 nitrogen and oxygen atoms in total. The second-order valence-electron chi connectivity index (χ2n) is 4.44. The second-order valence-corrected chi connectivity index (χ2v) is 4.44. The quantitative estimate of drug-likeness (QED) is 0.681. The maximum Gasteiger partial charge on any atom is 0.172 e. The largest absolute Gasteiger partial charge is 0.485 e. The number of pyridine rings is 2. The van der Waals surface area contributed by atoms with Crippen LogP contribution in [-0.4, -0.2) is 20.7 Å². The van der Waals surface area contributed by atoms with E-state index in [1.165, 1.54) is 0 Å². The number of aromatic nitrogens is 3. The molecule has 0 aliphatic carbocycles. The van der Waals surface area contributed by atoms with Crippen molar-refractivity contribution in [2.45, 2.75) is 13.5 Å². The molecule has 3 heterocycles. The average molecular weight is 267 g/mol. The van der Waals surface area contributed by atoms with E-state index in [9.17, 15) is 4.79 Å². The summed E-state index contributed by atoms with van der Waals surface area (Å²) in [4.78, 5) is 19.5. The lowest BCUT2D eigenvalue weighted by Crippen LogP contribution is -2.01. The summed E-state index contributed by atoms with van der Waals surface area (Å²) in [7, 11) is 0. The first-order chi connectivity index (χ1) is 9.76. The SMILES string of the molecule is Cc1ccc(OCc2cn3ccccc3n2)c(C=O)n1. The summed E-state index contributed by atoms with van der Waals surface area (Å²) in [6.07, 6.45) is 4.53. The van der Waals surface area contributed by atoms with Crippen LogP contribution >= 0.6 is 0 Å². The Kier molecular flexibility index (Phi) is 3.16. The molecule has 3 aromatic heterocycles. The van der Waals surface area contributed by atoms with Gasteiger partial charge in [0.1, 0.15) is 23.7 Å². The van der Waals surface area contributed by atoms with Crippen LogP contribution in [0.3, 0.4) is 0 Å². The van der Waals surface area contributed by atoms with Crippen LogP contribution in [-0.2, 0) is 6.61 Å². The van der Waals surface area contributed by atoms with Crippen molar-refractivity contribution in [1.29, 1.82) is 0 Å². The predicted octanol–water partition coefficient (Wildman–Crippen LogP) is 2.43. The highest BCUT2D eigenvalue weighted by atomic mass is 16.5. The Hall–Kier alpha value is -2.69. The number of nitrogens with zero attached hydrogens (tertiary/aromatic N) is 3. The van der Waals surface area contributed by atoms with E-state index in [0.717, 1.165) is 17.0 Å². The van der Waals surface area contributed by atoms with Crippen molar-refractivity contribution >= 4 is 11.9 Å². The minimum Gasteiger partial charge on any atom is -0.485 e. The molecule has 0 saturated heterocycles. The zero-order valence-electron chi connectivity index (χ0n) is 11.0. The van der Waals surface area contributed by atoms with E-state index < -0.39 is 0 Å². The van der Waals surface area contributed by atoms with Gasteiger partial charge >= 0.3 is 0 Å². The Labute approximate surface area is 115 Å². The Morgan fingerprint density at radius 1 is 1.25 bits per heavy atom. The van der Waals surface area contributed by atoms with Gasteiger partial charge in [-0.1, -0.05) is 6.07 Å². The number of rotatable bonds is 4. The highest BCUT2D eigenvalue weighted by molar-refractivity contribution is 5.76. The first-order valence-electron chi connectivity index (χ1n) is 6.24. The molecule has 5 heteroatoms. The molecule has 0 radical (unpaired) electrons. The third kappa shape index (κ3) is 2.38. The van der Waals surface area contributed by atoms with Gasteiger partial charge in [0.15, 0.2) is 6.29 Å². The van der Waals surface area contributed by atoms with Crippen molar-refractivity contribution in [2.24, 2.45) is 0 Å². The third-order valence-corrected chi connectivity index (χ3v) is 2.93. The molecule has 20 heavy (non-hydrogen) atoms. The number of carbonyl (C=O) groups excluding carboxylic acids is 1. The van der Waals surface area contributed by atoms with E-state index in [0.29, 0.717) is 24.3 Å². The molecule has 0 aliphatic rings. The number of carbonyl (C=O) groups is 1. The standard InChI is InChI=1S/C15H13N3O2/c1-11-5-6-14(13(9-19)16-11)20-10-12-8-18-7-3-2-4-15(18)17-12/h2-9H,10H2,1H3. The van der Waals surface area contributed by atoms with Crippen molar-refractivity contribution in [3.8, 4) is 5.75 Å². The fourth-order valence-electron chi connectivity index (χ4n) is 1.98. The van der Waals surface area contributed by atoms with Gasteiger partial charge in [0.2, 0.25) is 0 Å². The van der Waals surface area contributed by atoms with Crippen LogP contribution in [0.25, 0.3) is 5.65 Å². The number of hydrogen-bond acceptors (Lipinski definition) is 4. The normalized spacial score (nSPS) is 10.7. The molecule has 0 spiro atoms. The summed E-state index contributed by atoms with van der Waals surface area (Å²) in [6, 6.07) is 9.36. The lowest BCUT2D eigenvalue weighted by molar-refractivity contribution is 0.111. The van der Waals surface area contributed by atoms with Crippen molar-refractivity contribution < 1.29 is 9.53 Å². The van der Waals surface area contributed by atoms with Crippen LogP contribution in [0.4, 0.5) is 0 Å². The van der Waals surface area contributed by atoms with Gasteiger partial charge in [0.05, 0.1) is 5.69 Å². The summed E-state index contributed by atoms with van der Waals surface area (Å²) in [5.74, 6) is 0.475. The fourth-order valence-corrected chi connectivity index (χ4v) is 1.98. The highest BCUT2D eigenvalue weighted by Gasteiger charge is 2.07. The molecule has 0 unspecified atom stereocenters. The summed E-state index contributed by atoms with van der Waals surface area (Å²) in [5.41, 5.74) is 2.76. The van der Waals surface area contributed by atoms with Crippen molar-refractivity contribution in [3.05, 3.63) is 59.8 Å². The van der Waals surface area contributed by atoms with E-state index >= 15 is 0 Å². The molecule has 0 fully saturated rings. The first-order valence-corrected chi connectivity index (χ1v) is 6.24. The van der Waals surface area contributed by atoms with Crippen LogP contribution in [0, 0.1) is 6.92 Å². The molecule has 0 saturated carbocycles. The molecule has 0 aliphatic heterocycles. The van der Waals surface area contributed by atoms with Crippen molar-refractivity contribution in [3.63, 3.8) is 0 Å². The molecule has 100 valence electrons. The minimum absolute atomic E-state index is 0.299. The van der Waals surface area contributed by atoms with Crippen LogP contribution < -0.4 is 4.74 Å². The van der Waals surface area contributed by atoms with Gasteiger partial charge in [0.25, 0.3) is 0 Å². The molecule has 3 rings (SSSR count). The predicted molar refractivity (Wildman–Crippen MR) is 73.9 cm³/mol. The number of aldehydes is 1. The Morgan fingerprint density at radius 2 is 2.15 bits per heavy atom. The van der Waals surface area contributed by atoms with Gasteiger partial charge in [-0.05, 0) is 31.2 Å². The Balaban J connectivity index is 1.80. The van der Waals surface area contributed by atoms with Gasteiger partial charge < -0.3 is 9.14 Å². The summed E-state index contributed by atoms with van der Waals surface area (Å²) in [5, 5.41) is 0. The lowest BCUT2D eigenvalue weighted by Gasteiger charge is -2.06. The lowest BCUT2D eigenvalue weighted by atomic mass is 10.3. The molecule has 0 atom stereocenters. The summed E-state index contributed by atoms with van der Waals surface area (Å²) in [6.45, 7) is 2.13. The Morgan fingerprint density at radius 3 is 2.95 bits per heavy atom.